The largest absolute Gasteiger partial charge is 0.383 e. The summed E-state index contributed by atoms with van der Waals surface area (Å²) >= 11 is 0. The average Bonchev–Trinajstić information content (AvgIpc) is 3.49. The lowest BCUT2D eigenvalue weighted by Gasteiger charge is -2.34. The number of nitrogens with one attached hydrogen (secondary N) is 1. The summed E-state index contributed by atoms with van der Waals surface area (Å²) < 4.78 is 14.9. The predicted octanol–water partition coefficient (Wildman–Crippen LogP) is 3.70. The third kappa shape index (κ3) is 6.91. The van der Waals surface area contributed by atoms with Gasteiger partial charge in [0.05, 0.1) is 18.7 Å². The standard InChI is InChI=1S/C33H39N7O3/c1-37-15-17-39(18-16-37)28-11-9-27(10-12-28)35-33-34-23-26-22-25(8-13-30-7-3-4-20-43-30)32(41)40(31(26)36-33)24-29-6-5-14-38(29)19-21-42-2/h5-6,9-12,14,22-23,30H,3-4,7,15-21,24H2,1-2H3,(H,34,35,36). The molecular formula is C33H39N7O3. The van der Waals surface area contributed by atoms with Crippen LogP contribution in [0.5, 0.6) is 0 Å². The molecule has 1 atom stereocenters. The van der Waals surface area contributed by atoms with Crippen LogP contribution in [0.3, 0.4) is 0 Å². The highest BCUT2D eigenvalue weighted by Gasteiger charge is 2.16. The zero-order valence-electron chi connectivity index (χ0n) is 25.0. The Bertz CT molecular complexity index is 1650. The van der Waals surface area contributed by atoms with E-state index in [1.807, 2.05) is 30.5 Å². The van der Waals surface area contributed by atoms with Crippen LogP contribution in [0.25, 0.3) is 11.0 Å². The van der Waals surface area contributed by atoms with Crippen LogP contribution in [0, 0.1) is 11.8 Å². The van der Waals surface area contributed by atoms with Gasteiger partial charge >= 0.3 is 0 Å². The van der Waals surface area contributed by atoms with Crippen LogP contribution in [0.2, 0.25) is 0 Å². The van der Waals surface area contributed by atoms with E-state index in [-0.39, 0.29) is 11.7 Å². The Morgan fingerprint density at radius 3 is 2.72 bits per heavy atom. The molecule has 3 aromatic heterocycles. The molecule has 1 unspecified atom stereocenters. The number of pyridine rings is 1. The molecule has 43 heavy (non-hydrogen) atoms. The van der Waals surface area contributed by atoms with Crippen molar-refractivity contribution in [2.75, 3.05) is 63.8 Å². The highest BCUT2D eigenvalue weighted by atomic mass is 16.5. The molecule has 0 spiro atoms. The Morgan fingerprint density at radius 2 is 1.95 bits per heavy atom. The molecule has 4 aromatic rings. The lowest BCUT2D eigenvalue weighted by atomic mass is 10.1. The van der Waals surface area contributed by atoms with Crippen molar-refractivity contribution in [3.05, 3.63) is 76.5 Å². The lowest BCUT2D eigenvalue weighted by Crippen LogP contribution is -2.44. The number of fused-ring (bicyclic) bond motifs is 1. The van der Waals surface area contributed by atoms with Crippen LogP contribution >= 0.6 is 0 Å². The maximum Gasteiger partial charge on any atom is 0.268 e. The number of aromatic nitrogens is 4. The fraction of sp³-hybridized carbons (Fsp3) is 0.424. The highest BCUT2D eigenvalue weighted by Crippen LogP contribution is 2.22. The molecule has 0 amide bonds. The summed E-state index contributed by atoms with van der Waals surface area (Å²) in [6.07, 6.45) is 6.63. The second-order valence-electron chi connectivity index (χ2n) is 11.2. The first kappa shape index (κ1) is 28.9. The van der Waals surface area contributed by atoms with Gasteiger partial charge in [-0.05, 0) is 68.8 Å². The second-order valence-corrected chi connectivity index (χ2v) is 11.2. The maximum atomic E-state index is 13.9. The number of ether oxygens (including phenoxy) is 2. The van der Waals surface area contributed by atoms with Gasteiger partial charge in [0.2, 0.25) is 5.95 Å². The SMILES string of the molecule is COCCn1cccc1Cn1c(=O)c(C#CC2CCCCO2)cc2cnc(Nc3ccc(N4CCN(C)CC4)cc3)nc21. The molecule has 0 bridgehead atoms. The van der Waals surface area contributed by atoms with Crippen molar-refractivity contribution in [2.45, 2.75) is 38.5 Å². The third-order valence-corrected chi connectivity index (χ3v) is 8.15. The van der Waals surface area contributed by atoms with Gasteiger partial charge < -0.3 is 29.2 Å². The molecule has 0 aliphatic carbocycles. The number of likely N-dealkylation sites (N-methyl/N-ethyl adjacent to an activating group) is 1. The fourth-order valence-electron chi connectivity index (χ4n) is 5.58. The summed E-state index contributed by atoms with van der Waals surface area (Å²) in [6.45, 7) is 6.48. The smallest absolute Gasteiger partial charge is 0.268 e. The zero-order valence-corrected chi connectivity index (χ0v) is 25.0. The van der Waals surface area contributed by atoms with E-state index in [2.05, 4.69) is 55.7 Å². The van der Waals surface area contributed by atoms with E-state index >= 15 is 0 Å². The van der Waals surface area contributed by atoms with Crippen molar-refractivity contribution in [1.29, 1.82) is 0 Å². The summed E-state index contributed by atoms with van der Waals surface area (Å²) in [4.78, 5) is 28.1. The average molecular weight is 582 g/mol. The Hall–Kier alpha value is -4.17. The van der Waals surface area contributed by atoms with Crippen molar-refractivity contribution < 1.29 is 9.47 Å². The van der Waals surface area contributed by atoms with E-state index < -0.39 is 0 Å². The molecule has 2 aliphatic rings. The van der Waals surface area contributed by atoms with Crippen LogP contribution < -0.4 is 15.8 Å². The summed E-state index contributed by atoms with van der Waals surface area (Å²) in [6, 6.07) is 14.1. The first-order valence-electron chi connectivity index (χ1n) is 15.0. The Labute approximate surface area is 252 Å². The van der Waals surface area contributed by atoms with Crippen LogP contribution in [0.15, 0.2) is 59.7 Å². The number of nitrogens with zero attached hydrogens (tertiary/aromatic N) is 6. The number of hydrogen-bond donors (Lipinski definition) is 1. The zero-order chi connectivity index (χ0) is 29.6. The van der Waals surface area contributed by atoms with Crippen LogP contribution in [0.4, 0.5) is 17.3 Å². The molecule has 2 aliphatic heterocycles. The molecule has 5 heterocycles. The molecule has 10 heteroatoms. The quantitative estimate of drug-likeness (QED) is 0.315. The Kier molecular flexibility index (Phi) is 9.03. The summed E-state index contributed by atoms with van der Waals surface area (Å²) in [5.74, 6) is 6.72. The molecule has 0 radical (unpaired) electrons. The number of rotatable bonds is 8. The van der Waals surface area contributed by atoms with Crippen molar-refractivity contribution in [3.8, 4) is 11.8 Å². The molecule has 2 saturated heterocycles. The molecule has 2 fully saturated rings. The van der Waals surface area contributed by atoms with Crippen LogP contribution in [-0.2, 0) is 22.6 Å². The van der Waals surface area contributed by atoms with E-state index in [0.717, 1.165) is 62.2 Å². The highest BCUT2D eigenvalue weighted by molar-refractivity contribution is 5.77. The van der Waals surface area contributed by atoms with E-state index in [0.29, 0.717) is 43.5 Å². The number of benzene rings is 1. The summed E-state index contributed by atoms with van der Waals surface area (Å²) in [7, 11) is 3.85. The number of hydrogen-bond acceptors (Lipinski definition) is 8. The number of piperazine rings is 1. The summed E-state index contributed by atoms with van der Waals surface area (Å²) in [5, 5.41) is 4.08. The first-order valence-corrected chi connectivity index (χ1v) is 15.0. The van der Waals surface area contributed by atoms with Gasteiger partial charge in [-0.2, -0.15) is 4.98 Å². The van der Waals surface area contributed by atoms with Crippen molar-refractivity contribution in [2.24, 2.45) is 0 Å². The molecule has 1 aromatic carbocycles. The molecule has 6 rings (SSSR count). The minimum Gasteiger partial charge on any atom is -0.383 e. The van der Waals surface area contributed by atoms with Gasteiger partial charge in [-0.15, -0.1) is 0 Å². The molecule has 224 valence electrons. The third-order valence-electron chi connectivity index (χ3n) is 8.15. The second kappa shape index (κ2) is 13.4. The van der Waals surface area contributed by atoms with Gasteiger partial charge in [0.25, 0.3) is 5.56 Å². The number of anilines is 3. The van der Waals surface area contributed by atoms with E-state index in [9.17, 15) is 4.79 Å². The van der Waals surface area contributed by atoms with E-state index in [4.69, 9.17) is 14.5 Å². The predicted molar refractivity (Wildman–Crippen MR) is 169 cm³/mol. The normalized spacial score (nSPS) is 17.5. The van der Waals surface area contributed by atoms with E-state index in [1.54, 1.807) is 23.9 Å². The van der Waals surface area contributed by atoms with Gasteiger partial charge in [-0.1, -0.05) is 11.8 Å². The fourth-order valence-corrected chi connectivity index (χ4v) is 5.58. The molecule has 1 N–H and O–H groups in total. The Balaban J connectivity index is 1.31. The van der Waals surface area contributed by atoms with Crippen molar-refractivity contribution in [1.82, 2.24) is 24.0 Å². The Morgan fingerprint density at radius 1 is 1.12 bits per heavy atom. The minimum atomic E-state index is -0.184. The van der Waals surface area contributed by atoms with Gasteiger partial charge in [-0.25, -0.2) is 4.98 Å². The molecule has 10 nitrogen and oxygen atoms in total. The molecular weight excluding hydrogens is 542 g/mol. The van der Waals surface area contributed by atoms with Crippen molar-refractivity contribution in [3.63, 3.8) is 0 Å². The van der Waals surface area contributed by atoms with Crippen LogP contribution in [0.1, 0.15) is 30.5 Å². The number of methoxy groups -OCH3 is 1. The minimum absolute atomic E-state index is 0.144. The summed E-state index contributed by atoms with van der Waals surface area (Å²) in [5.41, 5.74) is 3.85. The van der Waals surface area contributed by atoms with Crippen LogP contribution in [-0.4, -0.2) is 83.7 Å². The van der Waals surface area contributed by atoms with Gasteiger partial charge in [0.1, 0.15) is 11.8 Å². The first-order chi connectivity index (χ1) is 21.1. The van der Waals surface area contributed by atoms with Gasteiger partial charge in [0.15, 0.2) is 0 Å². The van der Waals surface area contributed by atoms with Crippen molar-refractivity contribution >= 4 is 28.4 Å². The monoisotopic (exact) mass is 581 g/mol. The maximum absolute atomic E-state index is 13.9. The van der Waals surface area contributed by atoms with Gasteiger partial charge in [-0.3, -0.25) is 9.36 Å². The lowest BCUT2D eigenvalue weighted by molar-refractivity contribution is 0.0526. The topological polar surface area (TPSA) is 89.7 Å². The van der Waals surface area contributed by atoms with Gasteiger partial charge in [0, 0.05) is 81.3 Å². The van der Waals surface area contributed by atoms with E-state index in [1.165, 1.54) is 5.69 Å². The molecule has 0 saturated carbocycles.